The lowest BCUT2D eigenvalue weighted by molar-refractivity contribution is -0.903. The van der Waals surface area contributed by atoms with Crippen LogP contribution in [0.2, 0.25) is 0 Å². The van der Waals surface area contributed by atoms with E-state index >= 15 is 0 Å². The van der Waals surface area contributed by atoms with Gasteiger partial charge >= 0.3 is 0 Å². The first-order valence-corrected chi connectivity index (χ1v) is 10.8. The highest BCUT2D eigenvalue weighted by atomic mass is 79.9. The molecule has 1 saturated heterocycles. The third-order valence-electron chi connectivity index (χ3n) is 5.05. The van der Waals surface area contributed by atoms with Gasteiger partial charge in [-0.25, -0.2) is 0 Å². The predicted molar refractivity (Wildman–Crippen MR) is 117 cm³/mol. The van der Waals surface area contributed by atoms with Crippen LogP contribution >= 0.6 is 15.9 Å². The summed E-state index contributed by atoms with van der Waals surface area (Å²) in [5.74, 6) is 1.69. The van der Waals surface area contributed by atoms with Gasteiger partial charge < -0.3 is 29.1 Å². The second-order valence-corrected chi connectivity index (χ2v) is 8.09. The minimum Gasteiger partial charge on any atom is -0.497 e. The molecule has 0 aliphatic carbocycles. The van der Waals surface area contributed by atoms with Gasteiger partial charge in [0.2, 0.25) is 0 Å². The third kappa shape index (κ3) is 7.19. The first kappa shape index (κ1) is 21.9. The summed E-state index contributed by atoms with van der Waals surface area (Å²) in [5, 5.41) is 10.3. The SMILES string of the molecule is COc1ccc(N2CC[NH+](C[C@@H](O)COCCOc3ccc(Br)cc3)CC2)cc1. The normalized spacial score (nSPS) is 15.9. The summed E-state index contributed by atoms with van der Waals surface area (Å²) in [5.41, 5.74) is 1.22. The molecule has 0 aromatic heterocycles. The lowest BCUT2D eigenvalue weighted by Crippen LogP contribution is -3.16. The number of nitrogens with one attached hydrogen (secondary N) is 1. The molecule has 0 unspecified atom stereocenters. The van der Waals surface area contributed by atoms with Gasteiger partial charge in [-0.1, -0.05) is 15.9 Å². The van der Waals surface area contributed by atoms with Crippen LogP contribution in [0.3, 0.4) is 0 Å². The predicted octanol–water partition coefficient (Wildman–Crippen LogP) is 1.62. The van der Waals surface area contributed by atoms with E-state index in [1.54, 1.807) is 7.11 Å². The number of aliphatic hydroxyl groups excluding tert-OH is 1. The quantitative estimate of drug-likeness (QED) is 0.522. The van der Waals surface area contributed by atoms with Crippen molar-refractivity contribution in [2.24, 2.45) is 0 Å². The third-order valence-corrected chi connectivity index (χ3v) is 5.58. The summed E-state index contributed by atoms with van der Waals surface area (Å²) in [6, 6.07) is 15.9. The second-order valence-electron chi connectivity index (χ2n) is 7.17. The van der Waals surface area contributed by atoms with Crippen molar-refractivity contribution < 1.29 is 24.2 Å². The van der Waals surface area contributed by atoms with Crippen LogP contribution in [0, 0.1) is 0 Å². The topological polar surface area (TPSA) is 55.6 Å². The van der Waals surface area contributed by atoms with Gasteiger partial charge in [0.05, 0.1) is 46.5 Å². The molecule has 1 heterocycles. The molecule has 29 heavy (non-hydrogen) atoms. The zero-order valence-corrected chi connectivity index (χ0v) is 18.4. The Morgan fingerprint density at radius 3 is 2.31 bits per heavy atom. The number of hydrogen-bond acceptors (Lipinski definition) is 5. The van der Waals surface area contributed by atoms with Gasteiger partial charge in [-0.2, -0.15) is 0 Å². The molecule has 7 heteroatoms. The fourth-order valence-corrected chi connectivity index (χ4v) is 3.70. The molecule has 1 aliphatic rings. The Labute approximate surface area is 181 Å². The molecule has 0 saturated carbocycles. The first-order valence-electron chi connectivity index (χ1n) is 10.0. The number of methoxy groups -OCH3 is 1. The van der Waals surface area contributed by atoms with E-state index in [-0.39, 0.29) is 0 Å². The highest BCUT2D eigenvalue weighted by Gasteiger charge is 2.22. The summed E-state index contributed by atoms with van der Waals surface area (Å²) < 4.78 is 17.4. The van der Waals surface area contributed by atoms with Crippen molar-refractivity contribution in [3.8, 4) is 11.5 Å². The van der Waals surface area contributed by atoms with E-state index in [1.807, 2.05) is 36.4 Å². The number of piperazine rings is 1. The van der Waals surface area contributed by atoms with Crippen LogP contribution in [0.15, 0.2) is 53.0 Å². The van der Waals surface area contributed by atoms with Gasteiger partial charge in [-0.15, -0.1) is 0 Å². The Balaban J connectivity index is 1.28. The van der Waals surface area contributed by atoms with Gasteiger partial charge in [-0.05, 0) is 48.5 Å². The highest BCUT2D eigenvalue weighted by Crippen LogP contribution is 2.19. The molecule has 0 spiro atoms. The minimum absolute atomic E-state index is 0.343. The van der Waals surface area contributed by atoms with Crippen molar-refractivity contribution in [2.75, 3.05) is 64.6 Å². The number of quaternary nitrogens is 1. The molecular weight excluding hydrogens is 436 g/mol. The van der Waals surface area contributed by atoms with Crippen LogP contribution in [0.1, 0.15) is 0 Å². The lowest BCUT2D eigenvalue weighted by atomic mass is 10.2. The van der Waals surface area contributed by atoms with Crippen molar-refractivity contribution >= 4 is 21.6 Å². The standard InChI is InChI=1S/C22H29BrN2O4/c1-27-21-8-4-19(5-9-21)25-12-10-24(11-13-25)16-20(26)17-28-14-15-29-22-6-2-18(23)3-7-22/h2-9,20,26H,10-17H2,1H3/p+1/t20-/m1/s1. The summed E-state index contributed by atoms with van der Waals surface area (Å²) >= 11 is 3.40. The molecule has 1 fully saturated rings. The molecule has 2 N–H and O–H groups in total. The van der Waals surface area contributed by atoms with E-state index in [2.05, 4.69) is 33.0 Å². The maximum absolute atomic E-state index is 10.3. The van der Waals surface area contributed by atoms with Crippen LogP contribution in [0.4, 0.5) is 5.69 Å². The monoisotopic (exact) mass is 465 g/mol. The molecule has 0 radical (unpaired) electrons. The summed E-state index contributed by atoms with van der Waals surface area (Å²) in [6.07, 6.45) is -0.454. The van der Waals surface area contributed by atoms with Gasteiger partial charge in [-0.3, -0.25) is 0 Å². The number of nitrogens with zero attached hydrogens (tertiary/aromatic N) is 1. The fraction of sp³-hybridized carbons (Fsp3) is 0.455. The number of ether oxygens (including phenoxy) is 3. The molecule has 1 aliphatic heterocycles. The maximum atomic E-state index is 10.3. The van der Waals surface area contributed by atoms with Crippen LogP contribution < -0.4 is 19.3 Å². The van der Waals surface area contributed by atoms with Gasteiger partial charge in [0, 0.05) is 10.2 Å². The Morgan fingerprint density at radius 1 is 1.00 bits per heavy atom. The Kier molecular flexibility index (Phi) is 8.61. The fourth-order valence-electron chi connectivity index (χ4n) is 3.44. The molecule has 2 aromatic carbocycles. The number of anilines is 1. The Bertz CT molecular complexity index is 719. The summed E-state index contributed by atoms with van der Waals surface area (Å²) in [6.45, 7) is 5.98. The Hall–Kier alpha value is -1.80. The van der Waals surface area contributed by atoms with E-state index in [0.717, 1.165) is 42.2 Å². The van der Waals surface area contributed by atoms with E-state index in [0.29, 0.717) is 26.4 Å². The van der Waals surface area contributed by atoms with Crippen LogP contribution in [-0.4, -0.2) is 70.9 Å². The molecular formula is C22H30BrN2O4+. The number of hydrogen-bond donors (Lipinski definition) is 2. The average Bonchev–Trinajstić information content (AvgIpc) is 2.75. The van der Waals surface area contributed by atoms with Gasteiger partial charge in [0.1, 0.15) is 30.8 Å². The largest absolute Gasteiger partial charge is 0.497 e. The number of rotatable bonds is 10. The Morgan fingerprint density at radius 2 is 1.66 bits per heavy atom. The van der Waals surface area contributed by atoms with Gasteiger partial charge in [0.15, 0.2) is 0 Å². The summed E-state index contributed by atoms with van der Waals surface area (Å²) in [4.78, 5) is 3.79. The van der Waals surface area contributed by atoms with Crippen LogP contribution in [0.25, 0.3) is 0 Å². The average molecular weight is 466 g/mol. The molecule has 6 nitrogen and oxygen atoms in total. The van der Waals surface area contributed by atoms with Gasteiger partial charge in [0.25, 0.3) is 0 Å². The van der Waals surface area contributed by atoms with E-state index in [4.69, 9.17) is 14.2 Å². The molecule has 1 atom stereocenters. The van der Waals surface area contributed by atoms with Crippen molar-refractivity contribution in [1.82, 2.24) is 0 Å². The minimum atomic E-state index is -0.454. The number of benzene rings is 2. The zero-order chi connectivity index (χ0) is 20.5. The lowest BCUT2D eigenvalue weighted by Gasteiger charge is -2.34. The zero-order valence-electron chi connectivity index (χ0n) is 16.9. The smallest absolute Gasteiger partial charge is 0.126 e. The number of halogens is 1. The van der Waals surface area contributed by atoms with Crippen LogP contribution in [0.5, 0.6) is 11.5 Å². The van der Waals surface area contributed by atoms with Crippen molar-refractivity contribution in [3.05, 3.63) is 53.0 Å². The van der Waals surface area contributed by atoms with E-state index in [9.17, 15) is 5.11 Å². The van der Waals surface area contributed by atoms with E-state index in [1.165, 1.54) is 10.6 Å². The molecule has 0 amide bonds. The van der Waals surface area contributed by atoms with Crippen molar-refractivity contribution in [2.45, 2.75) is 6.10 Å². The molecule has 3 rings (SSSR count). The molecule has 158 valence electrons. The number of aliphatic hydroxyl groups is 1. The highest BCUT2D eigenvalue weighted by molar-refractivity contribution is 9.10. The molecule has 2 aromatic rings. The van der Waals surface area contributed by atoms with Crippen molar-refractivity contribution in [3.63, 3.8) is 0 Å². The van der Waals surface area contributed by atoms with Crippen molar-refractivity contribution in [1.29, 1.82) is 0 Å². The van der Waals surface area contributed by atoms with Crippen LogP contribution in [-0.2, 0) is 4.74 Å². The first-order chi connectivity index (χ1) is 14.1. The molecule has 0 bridgehead atoms. The second kappa shape index (κ2) is 11.4. The summed E-state index contributed by atoms with van der Waals surface area (Å²) in [7, 11) is 1.68. The van der Waals surface area contributed by atoms with E-state index < -0.39 is 6.10 Å². The maximum Gasteiger partial charge on any atom is 0.126 e.